The molecule has 2 heterocycles. The van der Waals surface area contributed by atoms with Crippen LogP contribution in [0.25, 0.3) is 11.4 Å². The molecule has 0 fully saturated rings. The van der Waals surface area contributed by atoms with Crippen molar-refractivity contribution in [2.24, 2.45) is 0 Å². The van der Waals surface area contributed by atoms with E-state index in [-0.39, 0.29) is 0 Å². The largest absolute Gasteiger partial charge is 0.375 e. The zero-order valence-corrected chi connectivity index (χ0v) is 7.65. The summed E-state index contributed by atoms with van der Waals surface area (Å²) in [4.78, 5) is 8.16. The lowest BCUT2D eigenvalue weighted by Gasteiger charge is -1.84. The molecule has 12 heavy (non-hydrogen) atoms. The summed E-state index contributed by atoms with van der Waals surface area (Å²) in [5, 5.41) is 4.83. The Morgan fingerprint density at radius 3 is 1.58 bits per heavy atom. The number of nitrogens with zero attached hydrogens (tertiary/aromatic N) is 2. The second-order valence-electron chi connectivity index (χ2n) is 2.14. The molecular formula is C6H6N4S2. The van der Waals surface area contributed by atoms with Gasteiger partial charge in [-0.15, -0.1) is 22.7 Å². The van der Waals surface area contributed by atoms with E-state index in [0.29, 0.717) is 10.3 Å². The zero-order chi connectivity index (χ0) is 8.55. The summed E-state index contributed by atoms with van der Waals surface area (Å²) in [5.41, 5.74) is 12.5. The number of anilines is 2. The number of hydrogen-bond acceptors (Lipinski definition) is 6. The zero-order valence-electron chi connectivity index (χ0n) is 6.02. The van der Waals surface area contributed by atoms with Gasteiger partial charge in [0.15, 0.2) is 10.3 Å². The summed E-state index contributed by atoms with van der Waals surface area (Å²) in [6, 6.07) is 0. The third-order valence-electron chi connectivity index (χ3n) is 1.31. The minimum Gasteiger partial charge on any atom is -0.375 e. The fraction of sp³-hybridized carbons (Fsp3) is 0. The fourth-order valence-corrected chi connectivity index (χ4v) is 1.92. The van der Waals surface area contributed by atoms with E-state index >= 15 is 0 Å². The minimum atomic E-state index is 0.552. The van der Waals surface area contributed by atoms with Gasteiger partial charge in [-0.25, -0.2) is 9.97 Å². The molecule has 0 unspecified atom stereocenters. The van der Waals surface area contributed by atoms with Gasteiger partial charge in [0.25, 0.3) is 0 Å². The normalized spacial score (nSPS) is 10.3. The van der Waals surface area contributed by atoms with Crippen LogP contribution < -0.4 is 11.5 Å². The van der Waals surface area contributed by atoms with Gasteiger partial charge in [0, 0.05) is 10.8 Å². The van der Waals surface area contributed by atoms with Crippen LogP contribution in [0, 0.1) is 0 Å². The van der Waals surface area contributed by atoms with Crippen LogP contribution in [0.5, 0.6) is 0 Å². The monoisotopic (exact) mass is 198 g/mol. The molecule has 0 atom stereocenters. The van der Waals surface area contributed by atoms with Crippen LogP contribution in [0.15, 0.2) is 10.8 Å². The van der Waals surface area contributed by atoms with Crippen molar-refractivity contribution in [3.8, 4) is 11.4 Å². The van der Waals surface area contributed by atoms with E-state index in [4.69, 9.17) is 11.5 Å². The Hall–Kier alpha value is -1.14. The highest BCUT2D eigenvalue weighted by Gasteiger charge is 2.05. The summed E-state index contributed by atoms with van der Waals surface area (Å²) >= 11 is 2.80. The highest BCUT2D eigenvalue weighted by molar-refractivity contribution is 7.14. The van der Waals surface area contributed by atoms with Crippen molar-refractivity contribution in [2.75, 3.05) is 11.5 Å². The van der Waals surface area contributed by atoms with Gasteiger partial charge in [-0.3, -0.25) is 0 Å². The number of thiazole rings is 2. The standard InChI is InChI=1S/C6H6N4S2/c7-5-9-3(1-11-5)4-2-12-6(8)10-4/h1-2H,(H2,7,9)(H2,8,10). The molecule has 4 N–H and O–H groups in total. The molecule has 0 aliphatic carbocycles. The van der Waals surface area contributed by atoms with Gasteiger partial charge in [-0.05, 0) is 0 Å². The van der Waals surface area contributed by atoms with E-state index in [9.17, 15) is 0 Å². The van der Waals surface area contributed by atoms with Crippen LogP contribution >= 0.6 is 22.7 Å². The Kier molecular flexibility index (Phi) is 1.70. The summed E-state index contributed by atoms with van der Waals surface area (Å²) in [6.07, 6.45) is 0. The highest BCUT2D eigenvalue weighted by Crippen LogP contribution is 2.25. The third-order valence-corrected chi connectivity index (χ3v) is 2.65. The van der Waals surface area contributed by atoms with Gasteiger partial charge >= 0.3 is 0 Å². The van der Waals surface area contributed by atoms with Crippen LogP contribution in [-0.2, 0) is 0 Å². The molecule has 0 saturated heterocycles. The number of aromatic nitrogens is 2. The molecule has 0 radical (unpaired) electrons. The van der Waals surface area contributed by atoms with E-state index in [1.165, 1.54) is 22.7 Å². The summed E-state index contributed by atoms with van der Waals surface area (Å²) in [7, 11) is 0. The average molecular weight is 198 g/mol. The van der Waals surface area contributed by atoms with Crippen LogP contribution in [0.2, 0.25) is 0 Å². The van der Waals surface area contributed by atoms with Crippen LogP contribution in [-0.4, -0.2) is 9.97 Å². The fourth-order valence-electron chi connectivity index (χ4n) is 0.811. The Morgan fingerprint density at radius 1 is 0.917 bits per heavy atom. The molecule has 0 spiro atoms. The first kappa shape index (κ1) is 7.51. The second kappa shape index (κ2) is 2.72. The molecule has 0 saturated carbocycles. The van der Waals surface area contributed by atoms with E-state index in [1.54, 1.807) is 0 Å². The lowest BCUT2D eigenvalue weighted by Crippen LogP contribution is -1.84. The summed E-state index contributed by atoms with van der Waals surface area (Å²) in [5.74, 6) is 0. The Balaban J connectivity index is 2.43. The molecule has 62 valence electrons. The Labute approximate surface area is 76.9 Å². The lowest BCUT2D eigenvalue weighted by atomic mass is 10.4. The molecular weight excluding hydrogens is 192 g/mol. The average Bonchev–Trinajstić information content (AvgIpc) is 2.58. The van der Waals surface area contributed by atoms with Crippen molar-refractivity contribution >= 4 is 32.9 Å². The quantitative estimate of drug-likeness (QED) is 0.726. The van der Waals surface area contributed by atoms with E-state index in [1.807, 2.05) is 10.8 Å². The predicted molar refractivity (Wildman–Crippen MR) is 52.0 cm³/mol. The maximum atomic E-state index is 5.47. The SMILES string of the molecule is Nc1nc(-c2csc(N)n2)cs1. The molecule has 2 aromatic heterocycles. The van der Waals surface area contributed by atoms with E-state index in [2.05, 4.69) is 9.97 Å². The topological polar surface area (TPSA) is 77.8 Å². The molecule has 2 aromatic rings. The van der Waals surface area contributed by atoms with Crippen molar-refractivity contribution < 1.29 is 0 Å². The van der Waals surface area contributed by atoms with Crippen molar-refractivity contribution in [1.29, 1.82) is 0 Å². The van der Waals surface area contributed by atoms with Crippen molar-refractivity contribution in [3.63, 3.8) is 0 Å². The van der Waals surface area contributed by atoms with Crippen LogP contribution in [0.3, 0.4) is 0 Å². The van der Waals surface area contributed by atoms with Gasteiger partial charge in [-0.1, -0.05) is 0 Å². The van der Waals surface area contributed by atoms with Crippen molar-refractivity contribution in [1.82, 2.24) is 9.97 Å². The van der Waals surface area contributed by atoms with Gasteiger partial charge < -0.3 is 11.5 Å². The van der Waals surface area contributed by atoms with E-state index < -0.39 is 0 Å². The maximum absolute atomic E-state index is 5.47. The van der Waals surface area contributed by atoms with Crippen LogP contribution in [0.1, 0.15) is 0 Å². The van der Waals surface area contributed by atoms with Gasteiger partial charge in [0.05, 0.1) is 0 Å². The first-order valence-corrected chi connectivity index (χ1v) is 4.94. The molecule has 2 rings (SSSR count). The number of hydrogen-bond donors (Lipinski definition) is 2. The number of nitrogen functional groups attached to an aromatic ring is 2. The number of nitrogens with two attached hydrogens (primary N) is 2. The Morgan fingerprint density at radius 2 is 1.33 bits per heavy atom. The highest BCUT2D eigenvalue weighted by atomic mass is 32.1. The maximum Gasteiger partial charge on any atom is 0.180 e. The molecule has 0 bridgehead atoms. The molecule has 0 amide bonds. The molecule has 0 aromatic carbocycles. The minimum absolute atomic E-state index is 0.552. The summed E-state index contributed by atoms with van der Waals surface area (Å²) < 4.78 is 0. The van der Waals surface area contributed by atoms with Crippen LogP contribution in [0.4, 0.5) is 10.3 Å². The molecule has 0 aliphatic heterocycles. The predicted octanol–water partition coefficient (Wildman–Crippen LogP) is 1.43. The van der Waals surface area contributed by atoms with Crippen molar-refractivity contribution in [3.05, 3.63) is 10.8 Å². The van der Waals surface area contributed by atoms with E-state index in [0.717, 1.165) is 11.4 Å². The second-order valence-corrected chi connectivity index (χ2v) is 3.92. The van der Waals surface area contributed by atoms with Gasteiger partial charge in [0.1, 0.15) is 11.4 Å². The van der Waals surface area contributed by atoms with Crippen molar-refractivity contribution in [2.45, 2.75) is 0 Å². The van der Waals surface area contributed by atoms with Gasteiger partial charge in [0.2, 0.25) is 0 Å². The van der Waals surface area contributed by atoms with Gasteiger partial charge in [-0.2, -0.15) is 0 Å². The smallest absolute Gasteiger partial charge is 0.180 e. The number of rotatable bonds is 1. The molecule has 0 aliphatic rings. The third kappa shape index (κ3) is 1.26. The molecule has 4 nitrogen and oxygen atoms in total. The Bertz CT molecular complexity index is 353. The lowest BCUT2D eigenvalue weighted by molar-refractivity contribution is 1.34. The first-order chi connectivity index (χ1) is 5.75. The molecule has 6 heteroatoms. The summed E-state index contributed by atoms with van der Waals surface area (Å²) in [6.45, 7) is 0. The first-order valence-electron chi connectivity index (χ1n) is 3.18.